The highest BCUT2D eigenvalue weighted by Crippen LogP contribution is 2.42. The monoisotopic (exact) mass is 697 g/mol. The van der Waals surface area contributed by atoms with E-state index >= 15 is 0 Å². The molecule has 0 bridgehead atoms. The molecule has 240 valence electrons. The van der Waals surface area contributed by atoms with Gasteiger partial charge >= 0.3 is 12.4 Å². The van der Waals surface area contributed by atoms with Crippen molar-refractivity contribution >= 4 is 21.9 Å². The zero-order valence-electron chi connectivity index (χ0n) is 25.0. The summed E-state index contributed by atoms with van der Waals surface area (Å²) in [5, 5.41) is 0. The minimum atomic E-state index is -5.00. The molecule has 0 atom stereocenters. The van der Waals surface area contributed by atoms with Crippen LogP contribution in [0.1, 0.15) is 47.6 Å². The van der Waals surface area contributed by atoms with Crippen molar-refractivity contribution in [2.24, 2.45) is 0 Å². The van der Waals surface area contributed by atoms with E-state index in [0.29, 0.717) is 50.5 Å². The van der Waals surface area contributed by atoms with Gasteiger partial charge < -0.3 is 19.1 Å². The average molecular weight is 699 g/mol. The molecule has 4 aromatic rings. The Balaban J connectivity index is 1.92. The standard InChI is InChI=1S/C32H30BrF6N3O3/c1-18(2)20-6-7-27(43-3)26(10-20)25-13-29(45-5)28(44-4)11-21(25)17-42(30-40-14-24(33)15-41-30)16-19-8-22(31(34,35)36)12-23(9-19)32(37,38)39/h6-15,18H,16-17H2,1-5H3. The van der Waals surface area contributed by atoms with Crippen molar-refractivity contribution in [2.75, 3.05) is 26.2 Å². The largest absolute Gasteiger partial charge is 0.496 e. The predicted octanol–water partition coefficient (Wildman–Crippen LogP) is 9.30. The fourth-order valence-corrected chi connectivity index (χ4v) is 5.01. The molecule has 1 heterocycles. The van der Waals surface area contributed by atoms with E-state index in [-0.39, 0.29) is 36.6 Å². The van der Waals surface area contributed by atoms with Crippen LogP contribution in [0.25, 0.3) is 11.1 Å². The van der Waals surface area contributed by atoms with Gasteiger partial charge in [0, 0.05) is 31.0 Å². The number of alkyl halides is 6. The maximum atomic E-state index is 13.7. The SMILES string of the molecule is COc1cc(CN(Cc2cc(C(F)(F)F)cc(C(F)(F)F)c2)c2ncc(Br)cn2)c(-c2cc(C(C)C)ccc2OC)cc1OC. The quantitative estimate of drug-likeness (QED) is 0.154. The number of rotatable bonds is 10. The van der Waals surface area contributed by atoms with Crippen LogP contribution in [0, 0.1) is 0 Å². The lowest BCUT2D eigenvalue weighted by Gasteiger charge is -2.26. The van der Waals surface area contributed by atoms with E-state index in [4.69, 9.17) is 14.2 Å². The van der Waals surface area contributed by atoms with Crippen molar-refractivity contribution in [1.82, 2.24) is 9.97 Å². The van der Waals surface area contributed by atoms with Crippen molar-refractivity contribution in [3.05, 3.63) is 93.2 Å². The number of anilines is 1. The van der Waals surface area contributed by atoms with Crippen LogP contribution in [-0.2, 0) is 25.4 Å². The normalized spacial score (nSPS) is 11.9. The molecule has 45 heavy (non-hydrogen) atoms. The molecular weight excluding hydrogens is 668 g/mol. The second kappa shape index (κ2) is 13.6. The highest BCUT2D eigenvalue weighted by molar-refractivity contribution is 9.10. The lowest BCUT2D eigenvalue weighted by atomic mass is 9.93. The molecule has 0 fully saturated rings. The van der Waals surface area contributed by atoms with Gasteiger partial charge in [0.25, 0.3) is 0 Å². The second-order valence-corrected chi connectivity index (χ2v) is 11.4. The van der Waals surface area contributed by atoms with Gasteiger partial charge in [-0.05, 0) is 86.6 Å². The first-order valence-electron chi connectivity index (χ1n) is 13.6. The van der Waals surface area contributed by atoms with Crippen molar-refractivity contribution < 1.29 is 40.6 Å². The molecule has 0 aliphatic carbocycles. The van der Waals surface area contributed by atoms with Gasteiger partial charge in [0.05, 0.1) is 36.9 Å². The van der Waals surface area contributed by atoms with E-state index in [1.54, 1.807) is 12.1 Å². The molecule has 0 N–H and O–H groups in total. The Labute approximate surface area is 265 Å². The van der Waals surface area contributed by atoms with Crippen LogP contribution in [0.2, 0.25) is 0 Å². The first-order valence-corrected chi connectivity index (χ1v) is 14.4. The number of methoxy groups -OCH3 is 3. The Hall–Kier alpha value is -4.00. The maximum Gasteiger partial charge on any atom is 0.416 e. The second-order valence-electron chi connectivity index (χ2n) is 10.5. The zero-order chi connectivity index (χ0) is 33.1. The summed E-state index contributed by atoms with van der Waals surface area (Å²) in [6, 6.07) is 10.7. The molecule has 3 aromatic carbocycles. The first kappa shape index (κ1) is 33.9. The van der Waals surface area contributed by atoms with E-state index in [1.165, 1.54) is 38.6 Å². The summed E-state index contributed by atoms with van der Waals surface area (Å²) in [4.78, 5) is 10.1. The van der Waals surface area contributed by atoms with Crippen LogP contribution in [0.3, 0.4) is 0 Å². The number of benzene rings is 3. The summed E-state index contributed by atoms with van der Waals surface area (Å²) in [5.41, 5.74) is -0.0873. The molecule has 13 heteroatoms. The fraction of sp³-hybridized carbons (Fsp3) is 0.312. The van der Waals surface area contributed by atoms with Gasteiger partial charge in [0.2, 0.25) is 5.95 Å². The Morgan fingerprint density at radius 2 is 1.27 bits per heavy atom. The lowest BCUT2D eigenvalue weighted by Crippen LogP contribution is -2.25. The van der Waals surface area contributed by atoms with E-state index < -0.39 is 23.5 Å². The molecule has 0 saturated heterocycles. The van der Waals surface area contributed by atoms with Crippen LogP contribution < -0.4 is 19.1 Å². The highest BCUT2D eigenvalue weighted by atomic mass is 79.9. The number of aromatic nitrogens is 2. The van der Waals surface area contributed by atoms with Crippen LogP contribution in [0.15, 0.2) is 65.4 Å². The predicted molar refractivity (Wildman–Crippen MR) is 162 cm³/mol. The molecule has 6 nitrogen and oxygen atoms in total. The summed E-state index contributed by atoms with van der Waals surface area (Å²) in [7, 11) is 4.47. The van der Waals surface area contributed by atoms with Gasteiger partial charge in [-0.2, -0.15) is 26.3 Å². The molecular formula is C32H30BrF6N3O3. The maximum absolute atomic E-state index is 13.7. The van der Waals surface area contributed by atoms with Gasteiger partial charge in [-0.25, -0.2) is 9.97 Å². The molecule has 4 rings (SSSR count). The molecule has 0 saturated carbocycles. The van der Waals surface area contributed by atoms with Crippen molar-refractivity contribution in [3.8, 4) is 28.4 Å². The zero-order valence-corrected chi connectivity index (χ0v) is 26.6. The summed E-state index contributed by atoms with van der Waals surface area (Å²) in [6.07, 6.45) is -7.12. The Morgan fingerprint density at radius 3 is 1.78 bits per heavy atom. The first-order chi connectivity index (χ1) is 21.1. The average Bonchev–Trinajstić information content (AvgIpc) is 2.99. The van der Waals surface area contributed by atoms with Crippen LogP contribution in [-0.4, -0.2) is 31.3 Å². The van der Waals surface area contributed by atoms with Crippen molar-refractivity contribution in [3.63, 3.8) is 0 Å². The summed E-state index contributed by atoms with van der Waals surface area (Å²) in [6.45, 7) is 3.66. The fourth-order valence-electron chi connectivity index (χ4n) is 4.80. The number of halogens is 7. The van der Waals surface area contributed by atoms with Gasteiger partial charge in [-0.15, -0.1) is 0 Å². The van der Waals surface area contributed by atoms with E-state index in [9.17, 15) is 26.3 Å². The molecule has 0 unspecified atom stereocenters. The number of hydrogen-bond acceptors (Lipinski definition) is 6. The van der Waals surface area contributed by atoms with Crippen LogP contribution in [0.5, 0.6) is 17.2 Å². The summed E-state index contributed by atoms with van der Waals surface area (Å²) in [5.74, 6) is 1.58. The molecule has 0 spiro atoms. The summed E-state index contributed by atoms with van der Waals surface area (Å²) < 4.78 is 99.5. The van der Waals surface area contributed by atoms with Gasteiger partial charge in [-0.3, -0.25) is 0 Å². The Bertz CT molecular complexity index is 1610. The lowest BCUT2D eigenvalue weighted by molar-refractivity contribution is -0.143. The minimum Gasteiger partial charge on any atom is -0.496 e. The molecule has 0 aliphatic rings. The molecule has 0 amide bonds. The number of ether oxygens (including phenoxy) is 3. The highest BCUT2D eigenvalue weighted by Gasteiger charge is 2.37. The van der Waals surface area contributed by atoms with Crippen LogP contribution in [0.4, 0.5) is 32.3 Å². The van der Waals surface area contributed by atoms with E-state index in [2.05, 4.69) is 25.9 Å². The minimum absolute atomic E-state index is 0.0377. The van der Waals surface area contributed by atoms with Crippen LogP contribution >= 0.6 is 15.9 Å². The van der Waals surface area contributed by atoms with Gasteiger partial charge in [-0.1, -0.05) is 19.9 Å². The molecule has 0 radical (unpaired) electrons. The molecule has 0 aliphatic heterocycles. The Morgan fingerprint density at radius 1 is 0.711 bits per heavy atom. The summed E-state index contributed by atoms with van der Waals surface area (Å²) >= 11 is 3.26. The topological polar surface area (TPSA) is 56.7 Å². The smallest absolute Gasteiger partial charge is 0.416 e. The van der Waals surface area contributed by atoms with E-state index in [1.807, 2.05) is 32.0 Å². The third-order valence-corrected chi connectivity index (χ3v) is 7.47. The van der Waals surface area contributed by atoms with E-state index in [0.717, 1.165) is 5.56 Å². The Kier molecular flexibility index (Phi) is 10.2. The van der Waals surface area contributed by atoms with Crippen molar-refractivity contribution in [2.45, 2.75) is 45.2 Å². The van der Waals surface area contributed by atoms with Gasteiger partial charge in [0.1, 0.15) is 5.75 Å². The third-order valence-electron chi connectivity index (χ3n) is 7.06. The van der Waals surface area contributed by atoms with Gasteiger partial charge in [0.15, 0.2) is 11.5 Å². The van der Waals surface area contributed by atoms with Crippen molar-refractivity contribution in [1.29, 1.82) is 0 Å². The molecule has 1 aromatic heterocycles. The number of nitrogens with zero attached hydrogens (tertiary/aromatic N) is 3. The number of hydrogen-bond donors (Lipinski definition) is 0. The third kappa shape index (κ3) is 7.99.